The molecule has 2 N–H and O–H groups in total. The Morgan fingerprint density at radius 3 is 2.57 bits per heavy atom. The summed E-state index contributed by atoms with van der Waals surface area (Å²) in [4.78, 5) is 22.6. The van der Waals surface area contributed by atoms with Gasteiger partial charge in [-0.05, 0) is 45.9 Å². The number of ether oxygens (including phenoxy) is 2. The van der Waals surface area contributed by atoms with Crippen molar-refractivity contribution in [3.05, 3.63) is 29.6 Å². The van der Waals surface area contributed by atoms with E-state index in [1.807, 2.05) is 0 Å². The lowest BCUT2D eigenvalue weighted by Crippen LogP contribution is -2.38. The highest BCUT2D eigenvalue weighted by Crippen LogP contribution is 2.20. The Kier molecular flexibility index (Phi) is 6.36. The molecule has 128 valence electrons. The lowest BCUT2D eigenvalue weighted by atomic mass is 10.2. The van der Waals surface area contributed by atoms with Crippen LogP contribution in [-0.4, -0.2) is 35.4 Å². The van der Waals surface area contributed by atoms with Gasteiger partial charge in [-0.25, -0.2) is 14.0 Å². The van der Waals surface area contributed by atoms with Crippen molar-refractivity contribution in [3.8, 4) is 5.75 Å². The number of hydrogen-bond acceptors (Lipinski definition) is 4. The van der Waals surface area contributed by atoms with Gasteiger partial charge in [0.25, 0.3) is 0 Å². The summed E-state index contributed by atoms with van der Waals surface area (Å²) >= 11 is 0. The number of hydrogen-bond donors (Lipinski definition) is 2. The van der Waals surface area contributed by atoms with E-state index in [0.29, 0.717) is 6.42 Å². The average molecular weight is 327 g/mol. The molecule has 0 heterocycles. The zero-order valence-corrected chi connectivity index (χ0v) is 13.7. The van der Waals surface area contributed by atoms with Crippen LogP contribution >= 0.6 is 0 Å². The van der Waals surface area contributed by atoms with Gasteiger partial charge in [0.15, 0.2) is 0 Å². The Balaban J connectivity index is 2.48. The van der Waals surface area contributed by atoms with E-state index in [1.54, 1.807) is 27.7 Å². The van der Waals surface area contributed by atoms with Crippen molar-refractivity contribution in [2.24, 2.45) is 0 Å². The SMILES string of the molecule is CC(CCOc1ccc(F)cc1C(=O)O)NC(=O)OC(C)(C)C. The van der Waals surface area contributed by atoms with Crippen molar-refractivity contribution >= 4 is 12.1 Å². The Morgan fingerprint density at radius 1 is 1.35 bits per heavy atom. The van der Waals surface area contributed by atoms with E-state index in [2.05, 4.69) is 5.32 Å². The number of carbonyl (C=O) groups is 2. The lowest BCUT2D eigenvalue weighted by Gasteiger charge is -2.22. The minimum atomic E-state index is -1.26. The van der Waals surface area contributed by atoms with Gasteiger partial charge in [0.05, 0.1) is 6.61 Å². The quantitative estimate of drug-likeness (QED) is 0.838. The second kappa shape index (κ2) is 7.80. The molecular formula is C16H22FNO5. The zero-order chi connectivity index (χ0) is 17.6. The number of carboxylic acids is 1. The first kappa shape index (κ1) is 18.7. The molecule has 0 aromatic heterocycles. The molecule has 0 fully saturated rings. The third-order valence-corrected chi connectivity index (χ3v) is 2.74. The molecule has 6 nitrogen and oxygen atoms in total. The standard InChI is InChI=1S/C16H22FNO5/c1-10(18-15(21)23-16(2,3)4)7-8-22-13-6-5-11(17)9-12(13)14(19)20/h5-6,9-10H,7-8H2,1-4H3,(H,18,21)(H,19,20). The highest BCUT2D eigenvalue weighted by molar-refractivity contribution is 5.90. The fraction of sp³-hybridized carbons (Fsp3) is 0.500. The van der Waals surface area contributed by atoms with Crippen molar-refractivity contribution in [1.29, 1.82) is 0 Å². The first-order chi connectivity index (χ1) is 10.6. The van der Waals surface area contributed by atoms with E-state index in [4.69, 9.17) is 14.6 Å². The summed E-state index contributed by atoms with van der Waals surface area (Å²) in [6.07, 6.45) is -0.0895. The summed E-state index contributed by atoms with van der Waals surface area (Å²) in [5.41, 5.74) is -0.817. The maximum absolute atomic E-state index is 13.1. The van der Waals surface area contributed by atoms with Gasteiger partial charge in [0.1, 0.15) is 22.7 Å². The van der Waals surface area contributed by atoms with Gasteiger partial charge in [-0.1, -0.05) is 0 Å². The minimum Gasteiger partial charge on any atom is -0.493 e. The second-order valence-electron chi connectivity index (χ2n) is 6.13. The summed E-state index contributed by atoms with van der Waals surface area (Å²) in [7, 11) is 0. The number of nitrogens with one attached hydrogen (secondary N) is 1. The third kappa shape index (κ3) is 6.99. The molecule has 0 radical (unpaired) electrons. The van der Waals surface area contributed by atoms with Gasteiger partial charge in [0.2, 0.25) is 0 Å². The average Bonchev–Trinajstić information content (AvgIpc) is 2.37. The van der Waals surface area contributed by atoms with E-state index in [-0.39, 0.29) is 24.0 Å². The fourth-order valence-corrected chi connectivity index (χ4v) is 1.72. The summed E-state index contributed by atoms with van der Waals surface area (Å²) in [6.45, 7) is 7.24. The van der Waals surface area contributed by atoms with Crippen LogP contribution in [0.4, 0.5) is 9.18 Å². The second-order valence-corrected chi connectivity index (χ2v) is 6.13. The summed E-state index contributed by atoms with van der Waals surface area (Å²) in [5.74, 6) is -1.82. The van der Waals surface area contributed by atoms with Crippen LogP contribution in [0.25, 0.3) is 0 Å². The topological polar surface area (TPSA) is 84.9 Å². The van der Waals surface area contributed by atoms with E-state index in [9.17, 15) is 14.0 Å². The van der Waals surface area contributed by atoms with Crippen LogP contribution in [0.1, 0.15) is 44.5 Å². The van der Waals surface area contributed by atoms with Gasteiger partial charge < -0.3 is 19.9 Å². The fourth-order valence-electron chi connectivity index (χ4n) is 1.72. The molecule has 0 spiro atoms. The third-order valence-electron chi connectivity index (χ3n) is 2.74. The number of rotatable bonds is 6. The molecule has 0 aliphatic heterocycles. The molecule has 1 aromatic rings. The van der Waals surface area contributed by atoms with Gasteiger partial charge >= 0.3 is 12.1 Å². The molecule has 0 saturated carbocycles. The predicted molar refractivity (Wildman–Crippen MR) is 82.3 cm³/mol. The predicted octanol–water partition coefficient (Wildman–Crippen LogP) is 3.21. The molecule has 1 amide bonds. The maximum Gasteiger partial charge on any atom is 0.407 e. The van der Waals surface area contributed by atoms with Crippen molar-refractivity contribution in [2.45, 2.75) is 45.8 Å². The number of aromatic carboxylic acids is 1. The van der Waals surface area contributed by atoms with Crippen molar-refractivity contribution in [2.75, 3.05) is 6.61 Å². The van der Waals surface area contributed by atoms with E-state index < -0.39 is 23.5 Å². The molecule has 1 rings (SSSR count). The highest BCUT2D eigenvalue weighted by atomic mass is 19.1. The normalized spacial score (nSPS) is 12.4. The number of benzene rings is 1. The van der Waals surface area contributed by atoms with E-state index in [0.717, 1.165) is 12.1 Å². The van der Waals surface area contributed by atoms with Crippen molar-refractivity contribution in [3.63, 3.8) is 0 Å². The van der Waals surface area contributed by atoms with Crippen molar-refractivity contribution < 1.29 is 28.6 Å². The van der Waals surface area contributed by atoms with Gasteiger partial charge in [-0.2, -0.15) is 0 Å². The van der Waals surface area contributed by atoms with Crippen LogP contribution < -0.4 is 10.1 Å². The monoisotopic (exact) mass is 327 g/mol. The highest BCUT2D eigenvalue weighted by Gasteiger charge is 2.18. The summed E-state index contributed by atoms with van der Waals surface area (Å²) in [5, 5.41) is 11.7. The Hall–Kier alpha value is -2.31. The van der Waals surface area contributed by atoms with Crippen LogP contribution in [-0.2, 0) is 4.74 Å². The van der Waals surface area contributed by atoms with E-state index in [1.165, 1.54) is 6.07 Å². The first-order valence-corrected chi connectivity index (χ1v) is 7.23. The van der Waals surface area contributed by atoms with Gasteiger partial charge in [-0.15, -0.1) is 0 Å². The Labute approximate surface area is 134 Å². The Bertz CT molecular complexity index is 568. The molecule has 0 aliphatic carbocycles. The molecule has 1 aromatic carbocycles. The maximum atomic E-state index is 13.1. The minimum absolute atomic E-state index is 0.0865. The van der Waals surface area contributed by atoms with Crippen LogP contribution in [0, 0.1) is 5.82 Å². The lowest BCUT2D eigenvalue weighted by molar-refractivity contribution is 0.0503. The first-order valence-electron chi connectivity index (χ1n) is 7.23. The van der Waals surface area contributed by atoms with E-state index >= 15 is 0 Å². The number of carbonyl (C=O) groups excluding carboxylic acids is 1. The van der Waals surface area contributed by atoms with Crippen LogP contribution in [0.15, 0.2) is 18.2 Å². The summed E-state index contributed by atoms with van der Waals surface area (Å²) in [6, 6.07) is 3.08. The molecule has 1 atom stereocenters. The van der Waals surface area contributed by atoms with Gasteiger partial charge in [-0.3, -0.25) is 0 Å². The van der Waals surface area contributed by atoms with Crippen LogP contribution in [0.5, 0.6) is 5.75 Å². The molecule has 0 saturated heterocycles. The molecule has 0 aliphatic rings. The largest absolute Gasteiger partial charge is 0.493 e. The number of halogens is 1. The number of alkyl carbamates (subject to hydrolysis) is 1. The number of amides is 1. The summed E-state index contributed by atoms with van der Waals surface area (Å²) < 4.78 is 23.5. The zero-order valence-electron chi connectivity index (χ0n) is 13.7. The molecule has 7 heteroatoms. The molecular weight excluding hydrogens is 305 g/mol. The number of carboxylic acid groups (broad SMARTS) is 1. The van der Waals surface area contributed by atoms with Crippen LogP contribution in [0.2, 0.25) is 0 Å². The Morgan fingerprint density at radius 2 is 2.00 bits per heavy atom. The van der Waals surface area contributed by atoms with Crippen molar-refractivity contribution in [1.82, 2.24) is 5.32 Å². The molecule has 1 unspecified atom stereocenters. The van der Waals surface area contributed by atoms with Crippen LogP contribution in [0.3, 0.4) is 0 Å². The molecule has 23 heavy (non-hydrogen) atoms. The van der Waals surface area contributed by atoms with Gasteiger partial charge in [0, 0.05) is 12.5 Å². The molecule has 0 bridgehead atoms. The smallest absolute Gasteiger partial charge is 0.407 e.